The lowest BCUT2D eigenvalue weighted by molar-refractivity contribution is 0.0656. The fourth-order valence-electron chi connectivity index (χ4n) is 1.47. The molecule has 0 fully saturated rings. The van der Waals surface area contributed by atoms with E-state index in [0.29, 0.717) is 10.0 Å². The van der Waals surface area contributed by atoms with E-state index in [4.69, 9.17) is 9.52 Å². The average molecular weight is 347 g/mol. The number of benzene rings is 1. The number of hydrogen-bond donors (Lipinski definition) is 1. The monoisotopic (exact) mass is 346 g/mol. The van der Waals surface area contributed by atoms with Crippen LogP contribution in [0.2, 0.25) is 0 Å². The van der Waals surface area contributed by atoms with Crippen LogP contribution in [0.15, 0.2) is 44.3 Å². The SMILES string of the molecule is O=C(O)c1ccc(S(=O)Cc2cc(F)cc(Br)c2)o1. The highest BCUT2D eigenvalue weighted by atomic mass is 79.9. The molecule has 1 atom stereocenters. The molecule has 0 aliphatic carbocycles. The van der Waals surface area contributed by atoms with Gasteiger partial charge in [0, 0.05) is 4.47 Å². The summed E-state index contributed by atoms with van der Waals surface area (Å²) < 4.78 is 30.6. The summed E-state index contributed by atoms with van der Waals surface area (Å²) in [6, 6.07) is 6.78. The van der Waals surface area contributed by atoms with Gasteiger partial charge in [0.15, 0.2) is 5.09 Å². The Labute approximate surface area is 118 Å². The Kier molecular flexibility index (Phi) is 4.16. The summed E-state index contributed by atoms with van der Waals surface area (Å²) in [5, 5.41) is 8.75. The third-order valence-electron chi connectivity index (χ3n) is 2.24. The molecule has 100 valence electrons. The number of carboxylic acid groups (broad SMARTS) is 1. The molecule has 4 nitrogen and oxygen atoms in total. The van der Waals surface area contributed by atoms with E-state index < -0.39 is 22.6 Å². The van der Waals surface area contributed by atoms with Gasteiger partial charge >= 0.3 is 5.97 Å². The minimum absolute atomic E-state index is 0.0446. The van der Waals surface area contributed by atoms with Crippen molar-refractivity contribution < 1.29 is 22.9 Å². The highest BCUT2D eigenvalue weighted by Gasteiger charge is 2.14. The third kappa shape index (κ3) is 3.51. The first-order valence-corrected chi connectivity index (χ1v) is 7.23. The lowest BCUT2D eigenvalue weighted by Crippen LogP contribution is -1.97. The van der Waals surface area contributed by atoms with Crippen molar-refractivity contribution >= 4 is 32.7 Å². The largest absolute Gasteiger partial charge is 0.475 e. The number of carboxylic acids is 1. The quantitative estimate of drug-likeness (QED) is 0.922. The van der Waals surface area contributed by atoms with Crippen LogP contribution >= 0.6 is 15.9 Å². The van der Waals surface area contributed by atoms with Gasteiger partial charge < -0.3 is 9.52 Å². The molecule has 0 aliphatic rings. The first-order chi connectivity index (χ1) is 8.95. The highest BCUT2D eigenvalue weighted by molar-refractivity contribution is 9.10. The summed E-state index contributed by atoms with van der Waals surface area (Å²) >= 11 is 3.14. The van der Waals surface area contributed by atoms with Crippen LogP contribution < -0.4 is 0 Å². The Morgan fingerprint density at radius 2 is 2.11 bits per heavy atom. The zero-order valence-electron chi connectivity index (χ0n) is 9.43. The molecule has 0 saturated carbocycles. The smallest absolute Gasteiger partial charge is 0.371 e. The standard InChI is InChI=1S/C12H8BrFO4S/c13-8-3-7(4-9(14)5-8)6-19(17)11-2-1-10(18-11)12(15)16/h1-5H,6H2,(H,15,16). The van der Waals surface area contributed by atoms with Crippen molar-refractivity contribution in [2.75, 3.05) is 0 Å². The van der Waals surface area contributed by atoms with Crippen LogP contribution in [-0.2, 0) is 16.6 Å². The van der Waals surface area contributed by atoms with Gasteiger partial charge in [-0.15, -0.1) is 0 Å². The van der Waals surface area contributed by atoms with Gasteiger partial charge in [0.2, 0.25) is 5.76 Å². The number of aromatic carboxylic acids is 1. The topological polar surface area (TPSA) is 67.5 Å². The van der Waals surface area contributed by atoms with E-state index in [1.165, 1.54) is 24.3 Å². The lowest BCUT2D eigenvalue weighted by atomic mass is 10.2. The van der Waals surface area contributed by atoms with Gasteiger partial charge in [0.1, 0.15) is 5.82 Å². The summed E-state index contributed by atoms with van der Waals surface area (Å²) in [7, 11) is -1.56. The molecule has 0 saturated heterocycles. The molecule has 0 amide bonds. The number of carbonyl (C=O) groups is 1. The summed E-state index contributed by atoms with van der Waals surface area (Å²) in [6.45, 7) is 0. The van der Waals surface area contributed by atoms with Crippen molar-refractivity contribution in [2.24, 2.45) is 0 Å². The van der Waals surface area contributed by atoms with E-state index >= 15 is 0 Å². The molecule has 1 aromatic carbocycles. The molecule has 1 unspecified atom stereocenters. The average Bonchev–Trinajstić information content (AvgIpc) is 2.76. The van der Waals surface area contributed by atoms with Crippen LogP contribution in [0.5, 0.6) is 0 Å². The zero-order chi connectivity index (χ0) is 14.0. The van der Waals surface area contributed by atoms with Gasteiger partial charge in [-0.05, 0) is 35.9 Å². The molecule has 7 heteroatoms. The maximum Gasteiger partial charge on any atom is 0.371 e. The van der Waals surface area contributed by atoms with Crippen LogP contribution in [0, 0.1) is 5.82 Å². The second-order valence-corrected chi connectivity index (χ2v) is 5.99. The molecular formula is C12H8BrFO4S. The van der Waals surface area contributed by atoms with E-state index in [0.717, 1.165) is 0 Å². The molecule has 2 aromatic rings. The van der Waals surface area contributed by atoms with Crippen molar-refractivity contribution in [3.63, 3.8) is 0 Å². The molecular weight excluding hydrogens is 339 g/mol. The van der Waals surface area contributed by atoms with Crippen LogP contribution in [0.25, 0.3) is 0 Å². The lowest BCUT2D eigenvalue weighted by Gasteiger charge is -2.01. The maximum atomic E-state index is 13.2. The van der Waals surface area contributed by atoms with Gasteiger partial charge in [-0.3, -0.25) is 4.21 Å². The van der Waals surface area contributed by atoms with Crippen molar-refractivity contribution in [3.8, 4) is 0 Å². The van der Waals surface area contributed by atoms with Crippen LogP contribution in [0.1, 0.15) is 16.1 Å². The van der Waals surface area contributed by atoms with Crippen molar-refractivity contribution in [3.05, 3.63) is 51.9 Å². The van der Waals surface area contributed by atoms with Crippen LogP contribution in [0.3, 0.4) is 0 Å². The van der Waals surface area contributed by atoms with Crippen molar-refractivity contribution in [1.82, 2.24) is 0 Å². The van der Waals surface area contributed by atoms with E-state index in [9.17, 15) is 13.4 Å². The molecule has 2 rings (SSSR count). The molecule has 1 aromatic heterocycles. The Morgan fingerprint density at radius 1 is 1.37 bits per heavy atom. The van der Waals surface area contributed by atoms with Crippen molar-refractivity contribution in [2.45, 2.75) is 10.8 Å². The highest BCUT2D eigenvalue weighted by Crippen LogP contribution is 2.19. The molecule has 0 spiro atoms. The maximum absolute atomic E-state index is 13.2. The van der Waals surface area contributed by atoms with Crippen LogP contribution in [0.4, 0.5) is 4.39 Å². The van der Waals surface area contributed by atoms with E-state index in [1.807, 2.05) is 0 Å². The predicted octanol–water partition coefficient (Wildman–Crippen LogP) is 3.19. The van der Waals surface area contributed by atoms with Gasteiger partial charge in [-0.25, -0.2) is 9.18 Å². The second-order valence-electron chi connectivity index (χ2n) is 3.69. The van der Waals surface area contributed by atoms with Gasteiger partial charge in [-0.1, -0.05) is 15.9 Å². The minimum atomic E-state index is -1.56. The molecule has 1 heterocycles. The van der Waals surface area contributed by atoms with E-state index in [1.54, 1.807) is 6.07 Å². The third-order valence-corrected chi connectivity index (χ3v) is 3.96. The first-order valence-electron chi connectivity index (χ1n) is 5.12. The van der Waals surface area contributed by atoms with Crippen molar-refractivity contribution in [1.29, 1.82) is 0 Å². The van der Waals surface area contributed by atoms with E-state index in [2.05, 4.69) is 15.9 Å². The molecule has 1 N–H and O–H groups in total. The second kappa shape index (κ2) is 5.66. The first kappa shape index (κ1) is 14.0. The fraction of sp³-hybridized carbons (Fsp3) is 0.0833. The zero-order valence-corrected chi connectivity index (χ0v) is 11.8. The summed E-state index contributed by atoms with van der Waals surface area (Å²) in [5.74, 6) is -1.89. The molecule has 0 bridgehead atoms. The Balaban J connectivity index is 2.18. The Bertz CT molecular complexity index is 633. The van der Waals surface area contributed by atoms with Gasteiger partial charge in [0.25, 0.3) is 0 Å². The number of hydrogen-bond acceptors (Lipinski definition) is 3. The normalized spacial score (nSPS) is 12.3. The van der Waals surface area contributed by atoms with E-state index in [-0.39, 0.29) is 16.6 Å². The van der Waals surface area contributed by atoms with Gasteiger partial charge in [0.05, 0.1) is 16.6 Å². The Hall–Kier alpha value is -1.47. The molecule has 19 heavy (non-hydrogen) atoms. The van der Waals surface area contributed by atoms with Crippen LogP contribution in [-0.4, -0.2) is 15.3 Å². The summed E-state index contributed by atoms with van der Waals surface area (Å²) in [5.41, 5.74) is 0.526. The molecule has 0 radical (unpaired) electrons. The predicted molar refractivity (Wildman–Crippen MR) is 69.9 cm³/mol. The number of furan rings is 1. The minimum Gasteiger partial charge on any atom is -0.475 e. The molecule has 0 aliphatic heterocycles. The Morgan fingerprint density at radius 3 is 2.68 bits per heavy atom. The van der Waals surface area contributed by atoms with Gasteiger partial charge in [-0.2, -0.15) is 0 Å². The summed E-state index contributed by atoms with van der Waals surface area (Å²) in [6.07, 6.45) is 0. The summed E-state index contributed by atoms with van der Waals surface area (Å²) in [4.78, 5) is 10.6. The fourth-order valence-corrected chi connectivity index (χ4v) is 3.00. The number of halogens is 2. The number of rotatable bonds is 4.